The number of H-pyrrole nitrogens is 1. The van der Waals surface area contributed by atoms with Crippen LogP contribution in [0.5, 0.6) is 5.75 Å². The Bertz CT molecular complexity index is 1130. The van der Waals surface area contributed by atoms with Gasteiger partial charge in [-0.1, -0.05) is 17.8 Å². The smallest absolute Gasteiger partial charge is 0.209 e. The van der Waals surface area contributed by atoms with Crippen molar-refractivity contribution in [2.24, 2.45) is 0 Å². The average molecular weight is 425 g/mol. The highest BCUT2D eigenvalue weighted by atomic mass is 32.2. The van der Waals surface area contributed by atoms with Crippen molar-refractivity contribution in [3.8, 4) is 22.1 Å². The van der Waals surface area contributed by atoms with Gasteiger partial charge in [0.05, 0.1) is 17.7 Å². The Morgan fingerprint density at radius 1 is 1.24 bits per heavy atom. The van der Waals surface area contributed by atoms with E-state index in [1.54, 1.807) is 18.4 Å². The van der Waals surface area contributed by atoms with Crippen molar-refractivity contribution in [2.75, 3.05) is 12.9 Å². The molecule has 0 aliphatic rings. The highest BCUT2D eigenvalue weighted by Gasteiger charge is 2.18. The summed E-state index contributed by atoms with van der Waals surface area (Å²) in [4.78, 5) is 18.3. The van der Waals surface area contributed by atoms with E-state index in [1.165, 1.54) is 11.8 Å². The lowest BCUT2D eigenvalue weighted by Crippen LogP contribution is -2.05. The van der Waals surface area contributed by atoms with E-state index < -0.39 is 0 Å². The first-order chi connectivity index (χ1) is 14.1. The number of thiophene rings is 1. The maximum atomic E-state index is 12.9. The molecule has 1 aromatic carbocycles. The van der Waals surface area contributed by atoms with E-state index in [0.717, 1.165) is 39.1 Å². The summed E-state index contributed by atoms with van der Waals surface area (Å²) in [6.45, 7) is 3.97. The van der Waals surface area contributed by atoms with Gasteiger partial charge in [-0.3, -0.25) is 9.89 Å². The van der Waals surface area contributed by atoms with Gasteiger partial charge in [0.1, 0.15) is 5.75 Å². The van der Waals surface area contributed by atoms with Gasteiger partial charge in [0, 0.05) is 22.6 Å². The summed E-state index contributed by atoms with van der Waals surface area (Å²) in [5.41, 5.74) is 3.66. The molecule has 4 rings (SSSR count). The molecule has 1 N–H and O–H groups in total. The summed E-state index contributed by atoms with van der Waals surface area (Å²) in [6.07, 6.45) is 0. The van der Waals surface area contributed by atoms with Gasteiger partial charge < -0.3 is 9.30 Å². The topological polar surface area (TPSA) is 72.8 Å². The van der Waals surface area contributed by atoms with Crippen molar-refractivity contribution in [3.05, 3.63) is 64.8 Å². The minimum absolute atomic E-state index is 0.0605. The maximum Gasteiger partial charge on any atom is 0.209 e. The van der Waals surface area contributed by atoms with E-state index >= 15 is 0 Å². The standard InChI is InChI=1S/C21H20N4O2S2/c1-13-11-17(14(2)25(13)15-6-8-16(27-3)9-7-15)18(26)12-29-21-22-20(23-24-21)19-5-4-10-28-19/h4-11H,12H2,1-3H3,(H,22,23,24). The number of aromatic amines is 1. The van der Waals surface area contributed by atoms with Crippen molar-refractivity contribution in [1.29, 1.82) is 0 Å². The second kappa shape index (κ2) is 8.26. The van der Waals surface area contributed by atoms with E-state index in [9.17, 15) is 4.79 Å². The molecule has 0 bridgehead atoms. The summed E-state index contributed by atoms with van der Waals surface area (Å²) in [6, 6.07) is 13.7. The van der Waals surface area contributed by atoms with E-state index in [0.29, 0.717) is 5.16 Å². The van der Waals surface area contributed by atoms with Gasteiger partial charge in [-0.15, -0.1) is 16.4 Å². The summed E-state index contributed by atoms with van der Waals surface area (Å²) in [5.74, 6) is 1.88. The molecule has 0 radical (unpaired) electrons. The fraction of sp³-hybridized carbons (Fsp3) is 0.190. The van der Waals surface area contributed by atoms with Crippen LogP contribution in [0.1, 0.15) is 21.7 Å². The van der Waals surface area contributed by atoms with Crippen molar-refractivity contribution in [2.45, 2.75) is 19.0 Å². The molecular formula is C21H20N4O2S2. The summed E-state index contributed by atoms with van der Waals surface area (Å²) in [5, 5.41) is 9.71. The zero-order valence-corrected chi connectivity index (χ0v) is 17.9. The Balaban J connectivity index is 1.49. The molecule has 148 valence electrons. The SMILES string of the molecule is COc1ccc(-n2c(C)cc(C(=O)CSc3n[nH]c(-c4cccs4)n3)c2C)cc1. The van der Waals surface area contributed by atoms with Crippen LogP contribution in [0.2, 0.25) is 0 Å². The molecule has 0 fully saturated rings. The molecule has 0 saturated heterocycles. The number of carbonyl (C=O) groups excluding carboxylic acids is 1. The number of Topliss-reactive ketones (excluding diaryl/α,β-unsaturated/α-hetero) is 1. The third-order valence-electron chi connectivity index (χ3n) is 4.61. The van der Waals surface area contributed by atoms with Crippen molar-refractivity contribution >= 4 is 28.9 Å². The molecule has 0 atom stereocenters. The quantitative estimate of drug-likeness (QED) is 0.337. The van der Waals surface area contributed by atoms with Crippen LogP contribution in [0.25, 0.3) is 16.4 Å². The second-order valence-corrected chi connectivity index (χ2v) is 8.36. The number of aryl methyl sites for hydroxylation is 1. The molecule has 4 aromatic rings. The average Bonchev–Trinajstić information content (AvgIpc) is 3.47. The molecule has 6 nitrogen and oxygen atoms in total. The number of ketones is 1. The monoisotopic (exact) mass is 424 g/mol. The number of carbonyl (C=O) groups is 1. The normalized spacial score (nSPS) is 11.0. The van der Waals surface area contributed by atoms with Crippen molar-refractivity contribution in [1.82, 2.24) is 19.7 Å². The number of nitrogens with zero attached hydrogens (tertiary/aromatic N) is 3. The summed E-state index contributed by atoms with van der Waals surface area (Å²) < 4.78 is 7.31. The molecule has 0 saturated carbocycles. The van der Waals surface area contributed by atoms with Gasteiger partial charge in [0.2, 0.25) is 5.16 Å². The molecule has 0 aliphatic carbocycles. The van der Waals surface area contributed by atoms with Crippen LogP contribution in [0.3, 0.4) is 0 Å². The minimum atomic E-state index is 0.0605. The first kappa shape index (κ1) is 19.5. The minimum Gasteiger partial charge on any atom is -0.497 e. The lowest BCUT2D eigenvalue weighted by atomic mass is 10.2. The Kier molecular flexibility index (Phi) is 5.55. The maximum absolute atomic E-state index is 12.9. The van der Waals surface area contributed by atoms with Gasteiger partial charge in [-0.2, -0.15) is 0 Å². The Morgan fingerprint density at radius 3 is 2.72 bits per heavy atom. The molecule has 0 amide bonds. The zero-order chi connectivity index (χ0) is 20.4. The lowest BCUT2D eigenvalue weighted by molar-refractivity contribution is 0.102. The largest absolute Gasteiger partial charge is 0.497 e. The van der Waals surface area contributed by atoms with E-state index in [4.69, 9.17) is 4.74 Å². The predicted molar refractivity (Wildman–Crippen MR) is 117 cm³/mol. The highest BCUT2D eigenvalue weighted by Crippen LogP contribution is 2.26. The number of ether oxygens (including phenoxy) is 1. The lowest BCUT2D eigenvalue weighted by Gasteiger charge is -2.10. The van der Waals surface area contributed by atoms with Gasteiger partial charge >= 0.3 is 0 Å². The van der Waals surface area contributed by atoms with Crippen LogP contribution in [-0.4, -0.2) is 38.4 Å². The number of thioether (sulfide) groups is 1. The van der Waals surface area contributed by atoms with Crippen LogP contribution < -0.4 is 4.74 Å². The molecular weight excluding hydrogens is 404 g/mol. The van der Waals surface area contributed by atoms with Crippen LogP contribution in [-0.2, 0) is 0 Å². The summed E-state index contributed by atoms with van der Waals surface area (Å²) >= 11 is 2.94. The number of rotatable bonds is 7. The van der Waals surface area contributed by atoms with Crippen LogP contribution >= 0.6 is 23.1 Å². The Morgan fingerprint density at radius 2 is 2.03 bits per heavy atom. The first-order valence-corrected chi connectivity index (χ1v) is 10.9. The van der Waals surface area contributed by atoms with Crippen LogP contribution in [0.15, 0.2) is 53.0 Å². The zero-order valence-electron chi connectivity index (χ0n) is 16.3. The number of methoxy groups -OCH3 is 1. The molecule has 8 heteroatoms. The van der Waals surface area contributed by atoms with E-state index in [-0.39, 0.29) is 11.5 Å². The number of aromatic nitrogens is 4. The fourth-order valence-electron chi connectivity index (χ4n) is 3.22. The van der Waals surface area contributed by atoms with Crippen molar-refractivity contribution in [3.63, 3.8) is 0 Å². The van der Waals surface area contributed by atoms with Gasteiger partial charge in [-0.25, -0.2) is 4.98 Å². The van der Waals surface area contributed by atoms with Gasteiger partial charge in [0.25, 0.3) is 0 Å². The molecule has 0 aliphatic heterocycles. The van der Waals surface area contributed by atoms with E-state index in [2.05, 4.69) is 19.7 Å². The van der Waals surface area contributed by atoms with Crippen LogP contribution in [0, 0.1) is 13.8 Å². The first-order valence-electron chi connectivity index (χ1n) is 9.02. The fourth-order valence-corrected chi connectivity index (χ4v) is 4.56. The number of nitrogens with one attached hydrogen (secondary N) is 1. The summed E-state index contributed by atoms with van der Waals surface area (Å²) in [7, 11) is 1.65. The van der Waals surface area contributed by atoms with Crippen molar-refractivity contribution < 1.29 is 9.53 Å². The van der Waals surface area contributed by atoms with E-state index in [1.807, 2.05) is 61.7 Å². The molecule has 3 aromatic heterocycles. The number of hydrogen-bond acceptors (Lipinski definition) is 6. The van der Waals surface area contributed by atoms with Gasteiger partial charge in [0.15, 0.2) is 11.6 Å². The molecule has 3 heterocycles. The molecule has 29 heavy (non-hydrogen) atoms. The third-order valence-corrected chi connectivity index (χ3v) is 6.34. The Labute approximate surface area is 177 Å². The number of benzene rings is 1. The second-order valence-electron chi connectivity index (χ2n) is 6.47. The highest BCUT2D eigenvalue weighted by molar-refractivity contribution is 7.99. The predicted octanol–water partition coefficient (Wildman–Crippen LogP) is 4.92. The third kappa shape index (κ3) is 3.99. The molecule has 0 spiro atoms. The number of hydrogen-bond donors (Lipinski definition) is 1. The molecule has 0 unspecified atom stereocenters. The van der Waals surface area contributed by atoms with Crippen LogP contribution in [0.4, 0.5) is 0 Å². The van der Waals surface area contributed by atoms with Gasteiger partial charge in [-0.05, 0) is 55.6 Å². The Hall–Kier alpha value is -2.84.